The first-order valence-electron chi connectivity index (χ1n) is 8.70. The number of nitrogens with zero attached hydrogens (tertiary/aromatic N) is 2. The molecule has 2 amide bonds. The van der Waals surface area contributed by atoms with Crippen molar-refractivity contribution in [3.05, 3.63) is 53.1 Å². The van der Waals surface area contributed by atoms with E-state index >= 15 is 0 Å². The van der Waals surface area contributed by atoms with E-state index in [2.05, 4.69) is 29.4 Å². The van der Waals surface area contributed by atoms with E-state index in [1.54, 1.807) is 12.0 Å². The highest BCUT2D eigenvalue weighted by Crippen LogP contribution is 2.32. The SMILES string of the molecule is COc1ccc2c(c1)N(C(=O)Nc1ccc3c(c1)CN(C)CC3)CC2. The number of ether oxygens (including phenoxy) is 1. The van der Waals surface area contributed by atoms with Crippen molar-refractivity contribution in [1.82, 2.24) is 4.90 Å². The van der Waals surface area contributed by atoms with Gasteiger partial charge in [-0.15, -0.1) is 0 Å². The number of methoxy groups -OCH3 is 1. The summed E-state index contributed by atoms with van der Waals surface area (Å²) in [5.74, 6) is 0.773. The van der Waals surface area contributed by atoms with Crippen LogP contribution in [0.4, 0.5) is 16.2 Å². The predicted molar refractivity (Wildman–Crippen MR) is 99.5 cm³/mol. The van der Waals surface area contributed by atoms with E-state index in [0.717, 1.165) is 43.1 Å². The molecule has 0 unspecified atom stereocenters. The number of likely N-dealkylation sites (N-methyl/N-ethyl adjacent to an activating group) is 1. The number of benzene rings is 2. The summed E-state index contributed by atoms with van der Waals surface area (Å²) in [6, 6.07) is 12.1. The Morgan fingerprint density at radius 3 is 2.68 bits per heavy atom. The van der Waals surface area contributed by atoms with Crippen molar-refractivity contribution in [2.24, 2.45) is 0 Å². The zero-order valence-corrected chi connectivity index (χ0v) is 14.7. The Morgan fingerprint density at radius 2 is 1.84 bits per heavy atom. The highest BCUT2D eigenvalue weighted by Gasteiger charge is 2.25. The van der Waals surface area contributed by atoms with Crippen LogP contribution in [0.3, 0.4) is 0 Å². The van der Waals surface area contributed by atoms with Crippen LogP contribution >= 0.6 is 0 Å². The van der Waals surface area contributed by atoms with Gasteiger partial charge in [0, 0.05) is 31.4 Å². The third-order valence-electron chi connectivity index (χ3n) is 5.09. The molecule has 0 aliphatic carbocycles. The number of anilines is 2. The summed E-state index contributed by atoms with van der Waals surface area (Å²) in [5, 5.41) is 3.05. The van der Waals surface area contributed by atoms with Crippen LogP contribution in [0, 0.1) is 0 Å². The molecular formula is C20H23N3O2. The molecule has 2 heterocycles. The molecule has 2 aromatic rings. The van der Waals surface area contributed by atoms with Gasteiger partial charge in [0.25, 0.3) is 0 Å². The Kier molecular flexibility index (Phi) is 4.09. The molecule has 2 aliphatic heterocycles. The summed E-state index contributed by atoms with van der Waals surface area (Å²) in [5.41, 5.74) is 5.66. The zero-order valence-electron chi connectivity index (χ0n) is 14.7. The monoisotopic (exact) mass is 337 g/mol. The van der Waals surface area contributed by atoms with Crippen LogP contribution < -0.4 is 15.0 Å². The van der Waals surface area contributed by atoms with Crippen molar-refractivity contribution in [1.29, 1.82) is 0 Å². The van der Waals surface area contributed by atoms with Gasteiger partial charge in [0.05, 0.1) is 12.8 Å². The maximum absolute atomic E-state index is 12.8. The molecule has 130 valence electrons. The molecule has 0 atom stereocenters. The van der Waals surface area contributed by atoms with Crippen LogP contribution in [0.2, 0.25) is 0 Å². The number of rotatable bonds is 2. The van der Waals surface area contributed by atoms with E-state index in [0.29, 0.717) is 6.54 Å². The largest absolute Gasteiger partial charge is 0.497 e. The van der Waals surface area contributed by atoms with Crippen LogP contribution in [0.1, 0.15) is 16.7 Å². The van der Waals surface area contributed by atoms with E-state index < -0.39 is 0 Å². The number of carbonyl (C=O) groups excluding carboxylic acids is 1. The second-order valence-electron chi connectivity index (χ2n) is 6.80. The number of nitrogens with one attached hydrogen (secondary N) is 1. The fourth-order valence-electron chi connectivity index (χ4n) is 3.66. The maximum Gasteiger partial charge on any atom is 0.326 e. The molecule has 0 saturated carbocycles. The normalized spacial score (nSPS) is 16.3. The van der Waals surface area contributed by atoms with Crippen LogP contribution in [0.5, 0.6) is 5.75 Å². The highest BCUT2D eigenvalue weighted by molar-refractivity contribution is 6.03. The highest BCUT2D eigenvalue weighted by atomic mass is 16.5. The number of hydrogen-bond acceptors (Lipinski definition) is 3. The summed E-state index contributed by atoms with van der Waals surface area (Å²) in [6.07, 6.45) is 1.95. The number of amides is 2. The summed E-state index contributed by atoms with van der Waals surface area (Å²) in [7, 11) is 3.77. The van der Waals surface area contributed by atoms with Gasteiger partial charge in [-0.2, -0.15) is 0 Å². The molecular weight excluding hydrogens is 314 g/mol. The molecule has 1 N–H and O–H groups in total. The van der Waals surface area contributed by atoms with Crippen LogP contribution in [-0.2, 0) is 19.4 Å². The lowest BCUT2D eigenvalue weighted by Crippen LogP contribution is -2.33. The molecule has 0 saturated heterocycles. The number of carbonyl (C=O) groups is 1. The molecule has 25 heavy (non-hydrogen) atoms. The first kappa shape index (κ1) is 16.0. The summed E-state index contributed by atoms with van der Waals surface area (Å²) < 4.78 is 5.30. The minimum Gasteiger partial charge on any atom is -0.497 e. The summed E-state index contributed by atoms with van der Waals surface area (Å²) >= 11 is 0. The van der Waals surface area contributed by atoms with Crippen molar-refractivity contribution >= 4 is 17.4 Å². The van der Waals surface area contributed by atoms with Crippen molar-refractivity contribution in [3.8, 4) is 5.75 Å². The van der Waals surface area contributed by atoms with E-state index in [1.807, 2.05) is 24.3 Å². The third-order valence-corrected chi connectivity index (χ3v) is 5.09. The van der Waals surface area contributed by atoms with Gasteiger partial charge < -0.3 is 15.0 Å². The van der Waals surface area contributed by atoms with Crippen molar-refractivity contribution < 1.29 is 9.53 Å². The average Bonchev–Trinajstić information content (AvgIpc) is 3.04. The molecule has 0 spiro atoms. The van der Waals surface area contributed by atoms with Gasteiger partial charge in [-0.05, 0) is 54.8 Å². The molecule has 0 aromatic heterocycles. The van der Waals surface area contributed by atoms with Gasteiger partial charge in [-0.25, -0.2) is 4.79 Å². The number of urea groups is 1. The Balaban J connectivity index is 1.53. The Morgan fingerprint density at radius 1 is 1.04 bits per heavy atom. The van der Waals surface area contributed by atoms with Crippen LogP contribution in [-0.4, -0.2) is 38.2 Å². The van der Waals surface area contributed by atoms with Crippen LogP contribution in [0.15, 0.2) is 36.4 Å². The summed E-state index contributed by atoms with van der Waals surface area (Å²) in [4.78, 5) is 16.9. The predicted octanol–water partition coefficient (Wildman–Crippen LogP) is 3.28. The molecule has 5 nitrogen and oxygen atoms in total. The zero-order chi connectivity index (χ0) is 17.4. The van der Waals surface area contributed by atoms with E-state index in [-0.39, 0.29) is 6.03 Å². The summed E-state index contributed by atoms with van der Waals surface area (Å²) in [6.45, 7) is 2.72. The van der Waals surface area contributed by atoms with E-state index in [1.165, 1.54) is 16.7 Å². The van der Waals surface area contributed by atoms with Gasteiger partial charge in [0.2, 0.25) is 0 Å². The lowest BCUT2D eigenvalue weighted by Gasteiger charge is -2.25. The maximum atomic E-state index is 12.8. The fourth-order valence-corrected chi connectivity index (χ4v) is 3.66. The van der Waals surface area contributed by atoms with Gasteiger partial charge in [-0.1, -0.05) is 12.1 Å². The van der Waals surface area contributed by atoms with Crippen molar-refractivity contribution in [2.45, 2.75) is 19.4 Å². The topological polar surface area (TPSA) is 44.8 Å². The first-order chi connectivity index (χ1) is 12.1. The molecule has 2 aliphatic rings. The quantitative estimate of drug-likeness (QED) is 0.915. The molecule has 4 rings (SSSR count). The molecule has 0 fully saturated rings. The van der Waals surface area contributed by atoms with E-state index in [4.69, 9.17) is 4.74 Å². The second kappa shape index (κ2) is 6.41. The molecule has 2 aromatic carbocycles. The van der Waals surface area contributed by atoms with Crippen molar-refractivity contribution in [3.63, 3.8) is 0 Å². The number of fused-ring (bicyclic) bond motifs is 2. The Hall–Kier alpha value is -2.53. The first-order valence-corrected chi connectivity index (χ1v) is 8.70. The lowest BCUT2D eigenvalue weighted by atomic mass is 9.99. The van der Waals surface area contributed by atoms with Gasteiger partial charge >= 0.3 is 6.03 Å². The second-order valence-corrected chi connectivity index (χ2v) is 6.80. The number of hydrogen-bond donors (Lipinski definition) is 1. The molecule has 5 heteroatoms. The van der Waals surface area contributed by atoms with Gasteiger partial charge in [0.1, 0.15) is 5.75 Å². The minimum atomic E-state index is -0.0869. The third kappa shape index (κ3) is 3.07. The van der Waals surface area contributed by atoms with Crippen molar-refractivity contribution in [2.75, 3.05) is 37.5 Å². The van der Waals surface area contributed by atoms with Crippen LogP contribution in [0.25, 0.3) is 0 Å². The minimum absolute atomic E-state index is 0.0869. The Bertz CT molecular complexity index is 819. The van der Waals surface area contributed by atoms with Gasteiger partial charge in [-0.3, -0.25) is 4.90 Å². The lowest BCUT2D eigenvalue weighted by molar-refractivity contribution is 0.257. The fraction of sp³-hybridized carbons (Fsp3) is 0.350. The Labute approximate surface area is 148 Å². The standard InChI is InChI=1S/C20H23N3O2/c1-22-9-7-14-3-5-17(11-16(14)13-22)21-20(24)23-10-8-15-4-6-18(25-2)12-19(15)23/h3-6,11-12H,7-10,13H2,1-2H3,(H,21,24). The smallest absolute Gasteiger partial charge is 0.326 e. The van der Waals surface area contributed by atoms with Gasteiger partial charge in [0.15, 0.2) is 0 Å². The molecule has 0 bridgehead atoms. The molecule has 0 radical (unpaired) electrons. The van der Waals surface area contributed by atoms with E-state index in [9.17, 15) is 4.79 Å². The average molecular weight is 337 g/mol.